The Kier molecular flexibility index (Phi) is 6.05. The molecule has 0 heterocycles. The molecule has 0 aromatic carbocycles. The molecule has 1 aliphatic rings. The quantitative estimate of drug-likeness (QED) is 0.491. The average Bonchev–Trinajstić information content (AvgIpc) is 2.34. The van der Waals surface area contributed by atoms with Gasteiger partial charge in [0.2, 0.25) is 0 Å². The van der Waals surface area contributed by atoms with E-state index in [0.717, 1.165) is 17.8 Å². The predicted molar refractivity (Wildman–Crippen MR) is 91.7 cm³/mol. The van der Waals surface area contributed by atoms with Gasteiger partial charge in [0, 0.05) is 0 Å². The Morgan fingerprint density at radius 1 is 1.10 bits per heavy atom. The van der Waals surface area contributed by atoms with Crippen LogP contribution in [-0.2, 0) is 0 Å². The van der Waals surface area contributed by atoms with Crippen LogP contribution in [0, 0.1) is 34.5 Å². The molecule has 1 fully saturated rings. The minimum Gasteiger partial charge on any atom is -0.0649 e. The van der Waals surface area contributed by atoms with Crippen molar-refractivity contribution in [3.8, 4) is 0 Å². The Bertz CT molecular complexity index is 286. The second-order valence-electron chi connectivity index (χ2n) is 8.84. The van der Waals surface area contributed by atoms with Crippen molar-refractivity contribution in [2.45, 2.75) is 93.9 Å². The summed E-state index contributed by atoms with van der Waals surface area (Å²) in [6, 6.07) is 0. The molecule has 3 atom stereocenters. The Balaban J connectivity index is 2.94. The van der Waals surface area contributed by atoms with Crippen LogP contribution in [0.15, 0.2) is 0 Å². The molecule has 0 spiro atoms. The van der Waals surface area contributed by atoms with Gasteiger partial charge in [-0.2, -0.15) is 0 Å². The van der Waals surface area contributed by atoms with E-state index >= 15 is 0 Å². The van der Waals surface area contributed by atoms with Crippen LogP contribution >= 0.6 is 0 Å². The first kappa shape index (κ1) is 17.9. The van der Waals surface area contributed by atoms with E-state index in [2.05, 4.69) is 55.4 Å². The molecule has 0 aliphatic heterocycles. The number of hydrogen-bond acceptors (Lipinski definition) is 0. The first-order chi connectivity index (χ1) is 9.14. The normalized spacial score (nSPS) is 36.3. The van der Waals surface area contributed by atoms with E-state index < -0.39 is 0 Å². The topological polar surface area (TPSA) is 0 Å². The molecule has 3 unspecified atom stereocenters. The van der Waals surface area contributed by atoms with Crippen LogP contribution in [-0.4, -0.2) is 0 Å². The van der Waals surface area contributed by atoms with Gasteiger partial charge in [-0.05, 0) is 55.8 Å². The van der Waals surface area contributed by atoms with Crippen molar-refractivity contribution in [2.24, 2.45) is 28.6 Å². The predicted octanol–water partition coefficient (Wildman–Crippen LogP) is 6.90. The molecule has 0 radical (unpaired) electrons. The molecular weight excluding hydrogens is 240 g/mol. The maximum Gasteiger partial charge on any atom is 0.107 e. The van der Waals surface area contributed by atoms with Crippen molar-refractivity contribution in [2.75, 3.05) is 0 Å². The summed E-state index contributed by atoms with van der Waals surface area (Å²) >= 11 is 0. The smallest absolute Gasteiger partial charge is 0.0649 e. The standard InChI is InChI=1S/C20H39/c1-9-19(7)12-13-20(8,14-15(2)3)17(6)10-11-18(19)16(4)5/h15-16,18H,9-14H2,1-8H3/q+1. The zero-order valence-corrected chi connectivity index (χ0v) is 15.5. The second-order valence-corrected chi connectivity index (χ2v) is 8.84. The van der Waals surface area contributed by atoms with Gasteiger partial charge in [-0.25, -0.2) is 0 Å². The third-order valence-corrected chi connectivity index (χ3v) is 6.47. The van der Waals surface area contributed by atoms with Crippen molar-refractivity contribution in [1.82, 2.24) is 0 Å². The zero-order chi connectivity index (χ0) is 15.6. The molecule has 0 nitrogen and oxygen atoms in total. The molecule has 20 heavy (non-hydrogen) atoms. The fraction of sp³-hybridized carbons (Fsp3) is 0.950. The summed E-state index contributed by atoms with van der Waals surface area (Å²) in [4.78, 5) is 0. The monoisotopic (exact) mass is 279 g/mol. The lowest BCUT2D eigenvalue weighted by Gasteiger charge is -2.44. The largest absolute Gasteiger partial charge is 0.107 e. The van der Waals surface area contributed by atoms with Gasteiger partial charge in [-0.15, -0.1) is 0 Å². The molecule has 0 aromatic rings. The van der Waals surface area contributed by atoms with Gasteiger partial charge in [0.25, 0.3) is 0 Å². The highest BCUT2D eigenvalue weighted by molar-refractivity contribution is 5.05. The van der Waals surface area contributed by atoms with Gasteiger partial charge in [0.15, 0.2) is 0 Å². The SMILES string of the molecule is CCC1(C)CCC(C)(CC(C)C)[C+](C)CCC1C(C)C. The van der Waals surface area contributed by atoms with E-state index in [9.17, 15) is 0 Å². The fourth-order valence-corrected chi connectivity index (χ4v) is 4.74. The molecule has 0 N–H and O–H groups in total. The van der Waals surface area contributed by atoms with E-state index in [4.69, 9.17) is 0 Å². The van der Waals surface area contributed by atoms with Gasteiger partial charge in [-0.3, -0.25) is 0 Å². The van der Waals surface area contributed by atoms with Crippen molar-refractivity contribution in [1.29, 1.82) is 0 Å². The van der Waals surface area contributed by atoms with E-state index in [1.165, 1.54) is 38.5 Å². The van der Waals surface area contributed by atoms with Crippen LogP contribution in [0.4, 0.5) is 0 Å². The Morgan fingerprint density at radius 3 is 2.15 bits per heavy atom. The molecule has 0 heteroatoms. The highest BCUT2D eigenvalue weighted by Crippen LogP contribution is 2.52. The van der Waals surface area contributed by atoms with Crippen LogP contribution in [0.3, 0.4) is 0 Å². The van der Waals surface area contributed by atoms with Crippen LogP contribution < -0.4 is 0 Å². The highest BCUT2D eigenvalue weighted by Gasteiger charge is 2.47. The summed E-state index contributed by atoms with van der Waals surface area (Å²) in [7, 11) is 0. The lowest BCUT2D eigenvalue weighted by atomic mass is 9.57. The third-order valence-electron chi connectivity index (χ3n) is 6.47. The molecule has 1 aliphatic carbocycles. The number of hydrogen-bond donors (Lipinski definition) is 0. The van der Waals surface area contributed by atoms with Gasteiger partial charge < -0.3 is 0 Å². The van der Waals surface area contributed by atoms with E-state index in [0.29, 0.717) is 10.8 Å². The summed E-state index contributed by atoms with van der Waals surface area (Å²) in [6.45, 7) is 19.6. The molecule has 0 bridgehead atoms. The maximum atomic E-state index is 2.56. The van der Waals surface area contributed by atoms with E-state index in [1.54, 1.807) is 5.92 Å². The van der Waals surface area contributed by atoms with Crippen molar-refractivity contribution >= 4 is 0 Å². The molecule has 1 saturated carbocycles. The minimum absolute atomic E-state index is 0.479. The van der Waals surface area contributed by atoms with Crippen LogP contribution in [0.2, 0.25) is 0 Å². The highest BCUT2D eigenvalue weighted by atomic mass is 14.5. The summed E-state index contributed by atoms with van der Waals surface area (Å²) in [5, 5.41) is 0. The summed E-state index contributed by atoms with van der Waals surface area (Å²) < 4.78 is 0. The van der Waals surface area contributed by atoms with Crippen LogP contribution in [0.5, 0.6) is 0 Å². The Hall–Kier alpha value is -0.130. The average molecular weight is 280 g/mol. The van der Waals surface area contributed by atoms with Gasteiger partial charge in [-0.1, -0.05) is 48.0 Å². The second kappa shape index (κ2) is 6.75. The lowest BCUT2D eigenvalue weighted by Crippen LogP contribution is -2.37. The minimum atomic E-state index is 0.479. The molecular formula is C20H39+. The Morgan fingerprint density at radius 2 is 1.70 bits per heavy atom. The van der Waals surface area contributed by atoms with E-state index in [1.807, 2.05) is 0 Å². The first-order valence-corrected chi connectivity index (χ1v) is 8.97. The zero-order valence-electron chi connectivity index (χ0n) is 15.5. The molecule has 0 amide bonds. The molecule has 118 valence electrons. The summed E-state index contributed by atoms with van der Waals surface area (Å²) in [5.41, 5.74) is 1.03. The van der Waals surface area contributed by atoms with Crippen molar-refractivity contribution in [3.05, 3.63) is 5.92 Å². The van der Waals surface area contributed by atoms with Crippen molar-refractivity contribution in [3.63, 3.8) is 0 Å². The summed E-state index contributed by atoms with van der Waals surface area (Å²) in [6.07, 6.45) is 8.26. The molecule has 0 aromatic heterocycles. The van der Waals surface area contributed by atoms with E-state index in [-0.39, 0.29) is 0 Å². The van der Waals surface area contributed by atoms with Gasteiger partial charge in [0.05, 0.1) is 19.3 Å². The molecule has 1 rings (SSSR count). The first-order valence-electron chi connectivity index (χ1n) is 8.97. The third kappa shape index (κ3) is 3.95. The Labute approximate surface area is 129 Å². The lowest BCUT2D eigenvalue weighted by molar-refractivity contribution is 0.0619. The van der Waals surface area contributed by atoms with Gasteiger partial charge >= 0.3 is 0 Å². The summed E-state index contributed by atoms with van der Waals surface area (Å²) in [5.74, 6) is 4.30. The van der Waals surface area contributed by atoms with Gasteiger partial charge in [0.1, 0.15) is 5.41 Å². The maximum absolute atomic E-state index is 2.56. The van der Waals surface area contributed by atoms with Crippen LogP contribution in [0.25, 0.3) is 0 Å². The fourth-order valence-electron chi connectivity index (χ4n) is 4.74. The number of rotatable bonds is 4. The van der Waals surface area contributed by atoms with Crippen molar-refractivity contribution < 1.29 is 0 Å². The van der Waals surface area contributed by atoms with Crippen LogP contribution in [0.1, 0.15) is 93.9 Å². The molecule has 0 saturated heterocycles.